The minimum absolute atomic E-state index is 0.00185. The normalized spacial score (nSPS) is 13.0. The number of carbonyl (C=O) groups excluding carboxylic acids is 1. The average Bonchev–Trinajstić information content (AvgIpc) is 3.53. The van der Waals surface area contributed by atoms with Crippen LogP contribution in [0.4, 0.5) is 10.1 Å². The van der Waals surface area contributed by atoms with E-state index >= 15 is 0 Å². The molecule has 0 spiro atoms. The predicted octanol–water partition coefficient (Wildman–Crippen LogP) is 4.95. The molecule has 172 valence electrons. The molecule has 5 rings (SSSR count). The van der Waals surface area contributed by atoms with Crippen molar-refractivity contribution in [2.45, 2.75) is 19.4 Å². The molecule has 2 N–H and O–H groups in total. The van der Waals surface area contributed by atoms with Gasteiger partial charge in [-0.25, -0.2) is 14.4 Å². The summed E-state index contributed by atoms with van der Waals surface area (Å²) in [6.07, 6.45) is 5.71. The molecule has 2 aromatic carbocycles. The van der Waals surface area contributed by atoms with Crippen LogP contribution in [0, 0.1) is 11.7 Å². The highest BCUT2D eigenvalue weighted by Gasteiger charge is 2.23. The molecule has 8 nitrogen and oxygen atoms in total. The number of carbonyl (C=O) groups is 1. The molecule has 0 atom stereocenters. The highest BCUT2D eigenvalue weighted by Crippen LogP contribution is 2.32. The topological polar surface area (TPSA) is 94.0 Å². The predicted molar refractivity (Wildman–Crippen MR) is 130 cm³/mol. The fourth-order valence-electron chi connectivity index (χ4n) is 3.37. The van der Waals surface area contributed by atoms with E-state index in [-0.39, 0.29) is 15.7 Å². The van der Waals surface area contributed by atoms with Gasteiger partial charge >= 0.3 is 0 Å². The molecular formula is C23H18ClFN6O2S. The number of fused-ring (bicyclic) bond motifs is 1. The zero-order chi connectivity index (χ0) is 23.7. The number of halogens is 2. The molecular weight excluding hydrogens is 479 g/mol. The number of thiocarbonyl (C=S) groups is 1. The largest absolute Gasteiger partial charge is 0.437 e. The second-order valence-corrected chi connectivity index (χ2v) is 8.67. The van der Waals surface area contributed by atoms with Gasteiger partial charge in [0.1, 0.15) is 17.9 Å². The third-order valence-corrected chi connectivity index (χ3v) is 5.77. The molecule has 2 aromatic heterocycles. The monoisotopic (exact) mass is 496 g/mol. The molecule has 2 heterocycles. The summed E-state index contributed by atoms with van der Waals surface area (Å²) < 4.78 is 21.1. The van der Waals surface area contributed by atoms with Gasteiger partial charge in [0.2, 0.25) is 0 Å². The molecule has 0 bridgehead atoms. The summed E-state index contributed by atoms with van der Waals surface area (Å²) in [4.78, 5) is 25.3. The highest BCUT2D eigenvalue weighted by atomic mass is 35.5. The van der Waals surface area contributed by atoms with E-state index in [0.717, 1.165) is 24.3 Å². The first kappa shape index (κ1) is 22.2. The number of nitrogens with one attached hydrogen (secondary N) is 2. The first-order chi connectivity index (χ1) is 16.5. The van der Waals surface area contributed by atoms with Crippen LogP contribution in [-0.4, -0.2) is 30.5 Å². The minimum atomic E-state index is -0.545. The van der Waals surface area contributed by atoms with Gasteiger partial charge in [-0.1, -0.05) is 11.6 Å². The summed E-state index contributed by atoms with van der Waals surface area (Å²) in [5, 5.41) is 5.49. The fraction of sp³-hybridized carbons (Fsp3) is 0.174. The standard InChI is InChI=1S/C23H18ClFN6O2S/c24-18-9-14(25)3-8-17(18)21(32)30-23(34)29-15-4-6-16(7-5-15)33-22-19-20(26-11-27-22)31(12-28-19)10-13-1-2-13/h3-9,11-13H,1-2,10H2,(H2,29,30,32,34). The first-order valence-electron chi connectivity index (χ1n) is 10.5. The Morgan fingerprint density at radius 1 is 1.18 bits per heavy atom. The Labute approximate surface area is 204 Å². The van der Waals surface area contributed by atoms with Crippen molar-refractivity contribution in [1.29, 1.82) is 0 Å². The van der Waals surface area contributed by atoms with Crippen LogP contribution in [0.2, 0.25) is 5.02 Å². The molecule has 1 aliphatic rings. The van der Waals surface area contributed by atoms with E-state index in [4.69, 9.17) is 28.6 Å². The molecule has 1 aliphatic carbocycles. The lowest BCUT2D eigenvalue weighted by Crippen LogP contribution is -2.34. The van der Waals surface area contributed by atoms with E-state index in [9.17, 15) is 9.18 Å². The smallest absolute Gasteiger partial charge is 0.258 e. The van der Waals surface area contributed by atoms with E-state index < -0.39 is 11.7 Å². The number of amides is 1. The summed E-state index contributed by atoms with van der Waals surface area (Å²) in [5.74, 6) is 0.546. The number of anilines is 1. The van der Waals surface area contributed by atoms with Crippen molar-refractivity contribution in [2.75, 3.05) is 5.32 Å². The van der Waals surface area contributed by atoms with Gasteiger partial charge < -0.3 is 14.6 Å². The van der Waals surface area contributed by atoms with Crippen LogP contribution in [0.5, 0.6) is 11.6 Å². The van der Waals surface area contributed by atoms with Gasteiger partial charge in [-0.2, -0.15) is 4.98 Å². The van der Waals surface area contributed by atoms with Gasteiger partial charge in [0.15, 0.2) is 16.3 Å². The Morgan fingerprint density at radius 2 is 1.97 bits per heavy atom. The Bertz CT molecular complexity index is 1390. The summed E-state index contributed by atoms with van der Waals surface area (Å²) in [5.41, 5.74) is 2.10. The number of hydrogen-bond donors (Lipinski definition) is 2. The Morgan fingerprint density at radius 3 is 2.71 bits per heavy atom. The van der Waals surface area contributed by atoms with Crippen LogP contribution < -0.4 is 15.4 Å². The minimum Gasteiger partial charge on any atom is -0.437 e. The van der Waals surface area contributed by atoms with E-state index in [1.807, 2.05) is 4.57 Å². The van der Waals surface area contributed by atoms with Crippen molar-refractivity contribution < 1.29 is 13.9 Å². The summed E-state index contributed by atoms with van der Waals surface area (Å²) in [6, 6.07) is 10.5. The van der Waals surface area contributed by atoms with Crippen molar-refractivity contribution in [1.82, 2.24) is 24.8 Å². The van der Waals surface area contributed by atoms with Crippen LogP contribution in [0.1, 0.15) is 23.2 Å². The maximum Gasteiger partial charge on any atom is 0.258 e. The Balaban J connectivity index is 1.22. The molecule has 0 aliphatic heterocycles. The highest BCUT2D eigenvalue weighted by molar-refractivity contribution is 7.80. The van der Waals surface area contributed by atoms with E-state index in [2.05, 4.69) is 25.6 Å². The molecule has 0 radical (unpaired) electrons. The molecule has 1 fully saturated rings. The molecule has 1 amide bonds. The number of ether oxygens (including phenoxy) is 1. The SMILES string of the molecule is O=C(NC(=S)Nc1ccc(Oc2ncnc3c2ncn3CC2CC2)cc1)c1ccc(F)cc1Cl. The quantitative estimate of drug-likeness (QED) is 0.365. The van der Waals surface area contributed by atoms with Crippen molar-refractivity contribution >= 4 is 51.7 Å². The fourth-order valence-corrected chi connectivity index (χ4v) is 3.83. The summed E-state index contributed by atoms with van der Waals surface area (Å²) >= 11 is 11.1. The molecule has 0 unspecified atom stereocenters. The number of aromatic nitrogens is 4. The van der Waals surface area contributed by atoms with Gasteiger partial charge in [-0.05, 0) is 73.4 Å². The number of benzene rings is 2. The Kier molecular flexibility index (Phi) is 6.08. The van der Waals surface area contributed by atoms with Gasteiger partial charge in [0.05, 0.1) is 16.9 Å². The van der Waals surface area contributed by atoms with Gasteiger partial charge in [-0.15, -0.1) is 0 Å². The van der Waals surface area contributed by atoms with Crippen molar-refractivity contribution in [2.24, 2.45) is 5.92 Å². The maximum absolute atomic E-state index is 13.2. The van der Waals surface area contributed by atoms with Gasteiger partial charge in [0.25, 0.3) is 11.8 Å². The third-order valence-electron chi connectivity index (χ3n) is 5.25. The lowest BCUT2D eigenvalue weighted by atomic mass is 10.2. The second kappa shape index (κ2) is 9.32. The third kappa shape index (κ3) is 4.97. The number of nitrogens with zero attached hydrogens (tertiary/aromatic N) is 4. The average molecular weight is 497 g/mol. The van der Waals surface area contributed by atoms with E-state index in [1.165, 1.54) is 25.2 Å². The number of rotatable bonds is 6. The maximum atomic E-state index is 13.2. The molecule has 11 heteroatoms. The lowest BCUT2D eigenvalue weighted by molar-refractivity contribution is 0.0978. The number of imidazole rings is 1. The molecule has 0 saturated heterocycles. The van der Waals surface area contributed by atoms with Gasteiger partial charge in [-0.3, -0.25) is 10.1 Å². The van der Waals surface area contributed by atoms with Crippen LogP contribution in [-0.2, 0) is 6.54 Å². The zero-order valence-electron chi connectivity index (χ0n) is 17.7. The second-order valence-electron chi connectivity index (χ2n) is 7.85. The van der Waals surface area contributed by atoms with Crippen LogP contribution in [0.25, 0.3) is 11.2 Å². The first-order valence-corrected chi connectivity index (χ1v) is 11.3. The van der Waals surface area contributed by atoms with Crippen molar-refractivity contribution in [3.8, 4) is 11.6 Å². The van der Waals surface area contributed by atoms with E-state index in [1.54, 1.807) is 30.6 Å². The molecule has 4 aromatic rings. The molecule has 34 heavy (non-hydrogen) atoms. The number of hydrogen-bond acceptors (Lipinski definition) is 6. The lowest BCUT2D eigenvalue weighted by Gasteiger charge is -2.11. The van der Waals surface area contributed by atoms with E-state index in [0.29, 0.717) is 28.8 Å². The summed E-state index contributed by atoms with van der Waals surface area (Å²) in [6.45, 7) is 0.900. The Hall–Kier alpha value is -3.63. The van der Waals surface area contributed by atoms with Crippen LogP contribution in [0.15, 0.2) is 55.1 Å². The zero-order valence-corrected chi connectivity index (χ0v) is 19.2. The van der Waals surface area contributed by atoms with Crippen LogP contribution in [0.3, 0.4) is 0 Å². The van der Waals surface area contributed by atoms with Crippen molar-refractivity contribution in [3.63, 3.8) is 0 Å². The summed E-state index contributed by atoms with van der Waals surface area (Å²) in [7, 11) is 0. The van der Waals surface area contributed by atoms with Gasteiger partial charge in [0, 0.05) is 12.2 Å². The van der Waals surface area contributed by atoms with Crippen LogP contribution >= 0.6 is 23.8 Å². The van der Waals surface area contributed by atoms with Crippen molar-refractivity contribution in [3.05, 3.63) is 71.5 Å². The molecule has 1 saturated carbocycles.